The number of hydrogen-bond acceptors (Lipinski definition) is 8. The molecule has 1 fully saturated rings. The van der Waals surface area contributed by atoms with Gasteiger partial charge in [0.05, 0.1) is 0 Å². The molecule has 3 heterocycles. The van der Waals surface area contributed by atoms with Crippen molar-refractivity contribution < 1.29 is 30.0 Å². The van der Waals surface area contributed by atoms with Crippen LogP contribution in [0.5, 0.6) is 0 Å². The van der Waals surface area contributed by atoms with E-state index in [1.54, 1.807) is 0 Å². The summed E-state index contributed by atoms with van der Waals surface area (Å²) in [5.74, 6) is 0.128. The Bertz CT molecular complexity index is 1050. The van der Waals surface area contributed by atoms with Crippen molar-refractivity contribution in [1.29, 1.82) is 0 Å². The Hall–Kier alpha value is -2.99. The molecule has 12 nitrogen and oxygen atoms in total. The largest absolute Gasteiger partial charge is 0.479 e. The highest BCUT2D eigenvalue weighted by atomic mass is 16.4. The van der Waals surface area contributed by atoms with Crippen molar-refractivity contribution in [3.63, 3.8) is 0 Å². The third kappa shape index (κ3) is 5.81. The lowest BCUT2D eigenvalue weighted by atomic mass is 10.0. The zero-order valence-corrected chi connectivity index (χ0v) is 20.3. The van der Waals surface area contributed by atoms with Crippen molar-refractivity contribution in [1.82, 2.24) is 19.1 Å². The summed E-state index contributed by atoms with van der Waals surface area (Å²) in [5, 5.41) is 36.1. The van der Waals surface area contributed by atoms with Crippen molar-refractivity contribution >= 4 is 17.8 Å². The smallest absolute Gasteiger partial charge is 0.335 e. The Morgan fingerprint density at radius 3 is 2.20 bits per heavy atom. The molecule has 0 amide bonds. The second-order valence-corrected chi connectivity index (χ2v) is 9.67. The highest BCUT2D eigenvalue weighted by Crippen LogP contribution is 2.37. The van der Waals surface area contributed by atoms with E-state index in [0.717, 1.165) is 42.5 Å². The molecule has 5 N–H and O–H groups in total. The lowest BCUT2D eigenvalue weighted by molar-refractivity contribution is -0.165. The molecule has 3 atom stereocenters. The third-order valence-electron chi connectivity index (χ3n) is 6.34. The molecule has 1 saturated carbocycles. The molecule has 0 saturated heterocycles. The number of nitrogens with zero attached hydrogens (tertiary/aromatic N) is 4. The normalized spacial score (nSPS) is 19.2. The Morgan fingerprint density at radius 1 is 1.09 bits per heavy atom. The number of aliphatic hydroxyl groups is 2. The third-order valence-corrected chi connectivity index (χ3v) is 6.34. The summed E-state index contributed by atoms with van der Waals surface area (Å²) in [6, 6.07) is 0.306. The van der Waals surface area contributed by atoms with Crippen molar-refractivity contribution in [3.05, 3.63) is 16.3 Å². The Kier molecular flexibility index (Phi) is 8.49. The van der Waals surface area contributed by atoms with E-state index in [9.17, 15) is 14.4 Å². The molecule has 4 rings (SSSR count). The van der Waals surface area contributed by atoms with Gasteiger partial charge in [0.1, 0.15) is 17.3 Å². The summed E-state index contributed by atoms with van der Waals surface area (Å²) in [6.07, 6.45) is 2.32. The van der Waals surface area contributed by atoms with Gasteiger partial charge in [-0.2, -0.15) is 0 Å². The molecule has 0 spiro atoms. The first-order valence-electron chi connectivity index (χ1n) is 12.1. The number of aliphatic carboxylic acids is 2. The van der Waals surface area contributed by atoms with Crippen LogP contribution in [0, 0.1) is 5.92 Å². The van der Waals surface area contributed by atoms with E-state index in [1.807, 2.05) is 9.13 Å². The first-order valence-corrected chi connectivity index (χ1v) is 12.1. The Balaban J connectivity index is 0.000000292. The zero-order chi connectivity index (χ0) is 25.9. The molecule has 3 aliphatic heterocycles. The minimum Gasteiger partial charge on any atom is -0.479 e. The van der Waals surface area contributed by atoms with Crippen molar-refractivity contribution in [3.8, 4) is 11.5 Å². The van der Waals surface area contributed by atoms with Crippen LogP contribution in [0.25, 0.3) is 11.5 Å². The van der Waals surface area contributed by atoms with Crippen molar-refractivity contribution in [2.45, 2.75) is 96.6 Å². The second kappa shape index (κ2) is 11.2. The fourth-order valence-electron chi connectivity index (χ4n) is 4.70. The fraction of sp³-hybridized carbons (Fsp3) is 0.696. The predicted molar refractivity (Wildman–Crippen MR) is 127 cm³/mol. The van der Waals surface area contributed by atoms with Gasteiger partial charge in [0.15, 0.2) is 18.0 Å². The number of carboxylic acid groups (broad SMARTS) is 2. The number of nitrogens with one attached hydrogen (secondary N) is 1. The molecule has 0 aromatic heterocycles. The van der Waals surface area contributed by atoms with Gasteiger partial charge < -0.3 is 25.7 Å². The molecule has 35 heavy (non-hydrogen) atoms. The van der Waals surface area contributed by atoms with Gasteiger partial charge in [0, 0.05) is 25.0 Å². The topological polar surface area (TPSA) is 180 Å². The van der Waals surface area contributed by atoms with Gasteiger partial charge in [-0.3, -0.25) is 9.13 Å². The van der Waals surface area contributed by atoms with E-state index in [4.69, 9.17) is 30.4 Å². The molecule has 194 valence electrons. The molecule has 4 aliphatic rings. The lowest BCUT2D eigenvalue weighted by Gasteiger charge is -2.13. The van der Waals surface area contributed by atoms with Crippen molar-refractivity contribution in [2.75, 3.05) is 5.32 Å². The van der Waals surface area contributed by atoms with E-state index >= 15 is 0 Å². The number of aliphatic hydroxyl groups excluding tert-OH is 2. The highest BCUT2D eigenvalue weighted by molar-refractivity contribution is 5.83. The van der Waals surface area contributed by atoms with Gasteiger partial charge in [-0.05, 0) is 31.6 Å². The lowest BCUT2D eigenvalue weighted by Crippen LogP contribution is -2.39. The van der Waals surface area contributed by atoms with Crippen LogP contribution in [-0.4, -0.2) is 69.7 Å². The molecule has 2 unspecified atom stereocenters. The number of imidazole rings is 1. The van der Waals surface area contributed by atoms with Gasteiger partial charge in [0.2, 0.25) is 0 Å². The van der Waals surface area contributed by atoms with Crippen LogP contribution in [0.4, 0.5) is 5.82 Å². The van der Waals surface area contributed by atoms with E-state index in [1.165, 1.54) is 25.7 Å². The number of aromatic nitrogens is 4. The average Bonchev–Trinajstić information content (AvgIpc) is 3.54. The first-order chi connectivity index (χ1) is 16.5. The number of anilines is 1. The average molecular weight is 494 g/mol. The maximum Gasteiger partial charge on any atom is 0.335 e. The van der Waals surface area contributed by atoms with Gasteiger partial charge in [-0.1, -0.05) is 33.6 Å². The van der Waals surface area contributed by atoms with E-state index < -0.39 is 24.1 Å². The van der Waals surface area contributed by atoms with E-state index in [-0.39, 0.29) is 5.69 Å². The Labute approximate surface area is 203 Å². The van der Waals surface area contributed by atoms with Gasteiger partial charge in [0.25, 0.3) is 0 Å². The van der Waals surface area contributed by atoms with Crippen LogP contribution in [0.15, 0.2) is 4.79 Å². The van der Waals surface area contributed by atoms with Crippen LogP contribution < -0.4 is 11.0 Å². The number of carboxylic acids is 2. The first kappa shape index (κ1) is 26.6. The molecule has 0 radical (unpaired) electrons. The summed E-state index contributed by atoms with van der Waals surface area (Å²) in [4.78, 5) is 42.3. The van der Waals surface area contributed by atoms with Crippen LogP contribution in [-0.2, 0) is 22.7 Å². The van der Waals surface area contributed by atoms with E-state index in [0.29, 0.717) is 24.4 Å². The maximum atomic E-state index is 13.0. The minimum atomic E-state index is -2.27. The van der Waals surface area contributed by atoms with Crippen LogP contribution in [0.1, 0.15) is 71.0 Å². The maximum absolute atomic E-state index is 13.0. The summed E-state index contributed by atoms with van der Waals surface area (Å²) in [7, 11) is 0. The SMILES string of the molecule is CCCn1c2nc(C3CCCC3)nc-2c2n(c1=O)C[C@@H](CC(C)C)N2.O=C(O)C(O)C(O)C(=O)O. The van der Waals surface area contributed by atoms with Crippen LogP contribution in [0.3, 0.4) is 0 Å². The molecular weight excluding hydrogens is 458 g/mol. The van der Waals surface area contributed by atoms with Crippen LogP contribution >= 0.6 is 0 Å². The monoisotopic (exact) mass is 493 g/mol. The Morgan fingerprint density at radius 2 is 1.69 bits per heavy atom. The number of carbonyl (C=O) groups is 2. The predicted octanol–water partition coefficient (Wildman–Crippen LogP) is 1.33. The number of fused-ring (bicyclic) bond motifs is 3. The quantitative estimate of drug-likeness (QED) is 0.360. The molecule has 1 aliphatic carbocycles. The molecule has 12 heteroatoms. The molecule has 0 aromatic carbocycles. The fourth-order valence-corrected chi connectivity index (χ4v) is 4.70. The van der Waals surface area contributed by atoms with E-state index in [2.05, 4.69) is 26.1 Å². The minimum absolute atomic E-state index is 0.0565. The number of rotatable bonds is 8. The van der Waals surface area contributed by atoms with Gasteiger partial charge in [-0.25, -0.2) is 24.4 Å². The highest BCUT2D eigenvalue weighted by Gasteiger charge is 2.33. The van der Waals surface area contributed by atoms with Gasteiger partial charge >= 0.3 is 17.6 Å². The second-order valence-electron chi connectivity index (χ2n) is 9.67. The summed E-state index contributed by atoms with van der Waals surface area (Å²) in [6.45, 7) is 7.98. The number of hydrogen-bond donors (Lipinski definition) is 5. The summed E-state index contributed by atoms with van der Waals surface area (Å²) in [5.41, 5.74) is 0.946. The molecule has 0 aromatic rings. The summed E-state index contributed by atoms with van der Waals surface area (Å²) >= 11 is 0. The molecule has 0 bridgehead atoms. The summed E-state index contributed by atoms with van der Waals surface area (Å²) < 4.78 is 3.72. The van der Waals surface area contributed by atoms with Gasteiger partial charge in [-0.15, -0.1) is 0 Å². The van der Waals surface area contributed by atoms with Crippen LogP contribution in [0.2, 0.25) is 0 Å². The molecular formula is C23H35N5O7. The zero-order valence-electron chi connectivity index (χ0n) is 20.3. The van der Waals surface area contributed by atoms with Crippen molar-refractivity contribution in [2.24, 2.45) is 5.92 Å². The standard InChI is InChI=1S/C19H29N5O.C4H6O6/c1-4-9-23-18-15(21-16(22-18)13-7-5-6-8-13)17-20-14(10-12(2)3)11-24(17)19(23)25;5-1(3(7)8)2(6)4(9)10/h12-14,20H,4-11H2,1-3H3;1-2,5-6H,(H,7,8)(H,9,10)/t14-;/m1./s1.